The normalized spacial score (nSPS) is 22.0. The maximum Gasteiger partial charge on any atom is 0.237 e. The summed E-state index contributed by atoms with van der Waals surface area (Å²) in [7, 11) is 0. The summed E-state index contributed by atoms with van der Waals surface area (Å²) in [6.07, 6.45) is 6.53. The van der Waals surface area contributed by atoms with Crippen LogP contribution in [0.3, 0.4) is 0 Å². The van der Waals surface area contributed by atoms with Gasteiger partial charge in [-0.05, 0) is 36.8 Å². The molecule has 1 aliphatic carbocycles. The molecule has 2 fully saturated rings. The van der Waals surface area contributed by atoms with Crippen LogP contribution in [0.5, 0.6) is 0 Å². The third-order valence-electron chi connectivity index (χ3n) is 5.77. The fraction of sp³-hybridized carbons (Fsp3) is 0.619. The molecule has 0 bridgehead atoms. The number of nitrogens with one attached hydrogen (secondary N) is 2. The molecule has 5 heteroatoms. The van der Waals surface area contributed by atoms with Gasteiger partial charge in [0.15, 0.2) is 0 Å². The second kappa shape index (κ2) is 9.17. The summed E-state index contributed by atoms with van der Waals surface area (Å²) in [4.78, 5) is 27.0. The minimum absolute atomic E-state index is 0.00703. The fourth-order valence-electron chi connectivity index (χ4n) is 4.08. The molecule has 1 aromatic carbocycles. The third-order valence-corrected chi connectivity index (χ3v) is 5.77. The van der Waals surface area contributed by atoms with Crippen molar-refractivity contribution in [1.82, 2.24) is 15.5 Å². The molecule has 1 aliphatic heterocycles. The van der Waals surface area contributed by atoms with E-state index in [1.54, 1.807) is 0 Å². The lowest BCUT2D eigenvalue weighted by Gasteiger charge is -2.35. The van der Waals surface area contributed by atoms with Gasteiger partial charge >= 0.3 is 0 Å². The zero-order valence-corrected chi connectivity index (χ0v) is 15.8. The van der Waals surface area contributed by atoms with Crippen LogP contribution in [-0.2, 0) is 16.1 Å². The second-order valence-corrected chi connectivity index (χ2v) is 7.72. The number of carbonyl (C=O) groups is 2. The van der Waals surface area contributed by atoms with E-state index in [-0.39, 0.29) is 24.3 Å². The number of piperazine rings is 1. The van der Waals surface area contributed by atoms with Crippen LogP contribution >= 0.6 is 0 Å². The van der Waals surface area contributed by atoms with Crippen LogP contribution < -0.4 is 10.6 Å². The highest BCUT2D eigenvalue weighted by Gasteiger charge is 2.31. The lowest BCUT2D eigenvalue weighted by molar-refractivity contribution is -0.134. The summed E-state index contributed by atoms with van der Waals surface area (Å²) in [5, 5.41) is 5.98. The van der Waals surface area contributed by atoms with Crippen LogP contribution in [0.1, 0.15) is 49.7 Å². The van der Waals surface area contributed by atoms with Crippen LogP contribution in [0.4, 0.5) is 0 Å². The first kappa shape index (κ1) is 18.9. The average molecular weight is 357 g/mol. The molecule has 1 heterocycles. The van der Waals surface area contributed by atoms with Crippen LogP contribution in [-0.4, -0.2) is 42.4 Å². The van der Waals surface area contributed by atoms with Crippen LogP contribution in [0.15, 0.2) is 24.3 Å². The van der Waals surface area contributed by atoms with E-state index in [1.807, 2.05) is 12.1 Å². The van der Waals surface area contributed by atoms with E-state index >= 15 is 0 Å². The number of benzene rings is 1. The molecule has 5 nitrogen and oxygen atoms in total. The van der Waals surface area contributed by atoms with Gasteiger partial charge in [-0.15, -0.1) is 0 Å². The number of aryl methyl sites for hydroxylation is 1. The van der Waals surface area contributed by atoms with E-state index in [4.69, 9.17) is 0 Å². The van der Waals surface area contributed by atoms with Gasteiger partial charge in [0, 0.05) is 26.2 Å². The third kappa shape index (κ3) is 5.07. The van der Waals surface area contributed by atoms with Crippen molar-refractivity contribution in [2.75, 3.05) is 19.6 Å². The van der Waals surface area contributed by atoms with E-state index in [1.165, 1.54) is 43.2 Å². The first-order chi connectivity index (χ1) is 12.6. The molecule has 0 unspecified atom stereocenters. The molecule has 1 aromatic rings. The Labute approximate surface area is 156 Å². The van der Waals surface area contributed by atoms with Gasteiger partial charge in [0.05, 0.1) is 12.5 Å². The standard InChI is InChI=1S/C21H31N3O2/c1-16-7-5-6-10-18(16)15-24-12-11-22-21(26)19(24)13-20(25)23-14-17-8-3-2-4-9-17/h5-7,10,17,19H,2-4,8-9,11-15H2,1H3,(H,22,26)(H,23,25)/t19-/m1/s1. The number of rotatable bonds is 6. The molecule has 0 radical (unpaired) electrons. The maximum absolute atomic E-state index is 12.4. The summed E-state index contributed by atoms with van der Waals surface area (Å²) in [6, 6.07) is 7.86. The highest BCUT2D eigenvalue weighted by Crippen LogP contribution is 2.23. The van der Waals surface area contributed by atoms with E-state index in [2.05, 4.69) is 34.6 Å². The van der Waals surface area contributed by atoms with Gasteiger partial charge in [-0.25, -0.2) is 0 Å². The quantitative estimate of drug-likeness (QED) is 0.822. The Bertz CT molecular complexity index is 625. The molecule has 1 saturated heterocycles. The van der Waals surface area contributed by atoms with E-state index in [0.717, 1.165) is 13.1 Å². The Hall–Kier alpha value is -1.88. The van der Waals surface area contributed by atoms with Gasteiger partial charge in [0.2, 0.25) is 11.8 Å². The molecule has 3 rings (SSSR count). The Morgan fingerprint density at radius 3 is 2.77 bits per heavy atom. The van der Waals surface area contributed by atoms with E-state index in [9.17, 15) is 9.59 Å². The van der Waals surface area contributed by atoms with Crippen molar-refractivity contribution in [1.29, 1.82) is 0 Å². The highest BCUT2D eigenvalue weighted by molar-refractivity contribution is 5.88. The summed E-state index contributed by atoms with van der Waals surface area (Å²) in [5.74, 6) is 0.570. The molecule has 1 atom stereocenters. The van der Waals surface area contributed by atoms with Crippen LogP contribution in [0, 0.1) is 12.8 Å². The van der Waals surface area contributed by atoms with Crippen molar-refractivity contribution >= 4 is 11.8 Å². The fourth-order valence-corrected chi connectivity index (χ4v) is 4.08. The Balaban J connectivity index is 1.56. The summed E-state index contributed by atoms with van der Waals surface area (Å²) >= 11 is 0. The van der Waals surface area contributed by atoms with Crippen LogP contribution in [0.25, 0.3) is 0 Å². The van der Waals surface area contributed by atoms with Gasteiger partial charge in [-0.1, -0.05) is 43.5 Å². The zero-order valence-electron chi connectivity index (χ0n) is 15.8. The van der Waals surface area contributed by atoms with Gasteiger partial charge in [0.1, 0.15) is 0 Å². The van der Waals surface area contributed by atoms with E-state index in [0.29, 0.717) is 19.0 Å². The number of hydrogen-bond acceptors (Lipinski definition) is 3. The maximum atomic E-state index is 12.4. The van der Waals surface area contributed by atoms with Crippen LogP contribution in [0.2, 0.25) is 0 Å². The molecule has 2 N–H and O–H groups in total. The zero-order chi connectivity index (χ0) is 18.4. The Kier molecular flexibility index (Phi) is 6.67. The SMILES string of the molecule is Cc1ccccc1CN1CCNC(=O)[C@H]1CC(=O)NCC1CCCCC1. The number of hydrogen-bond donors (Lipinski definition) is 2. The van der Waals surface area contributed by atoms with Crippen molar-refractivity contribution in [2.45, 2.75) is 58.0 Å². The molecule has 142 valence electrons. The number of amides is 2. The van der Waals surface area contributed by atoms with E-state index < -0.39 is 0 Å². The smallest absolute Gasteiger partial charge is 0.237 e. The van der Waals surface area contributed by atoms with Gasteiger partial charge < -0.3 is 10.6 Å². The van der Waals surface area contributed by atoms with Crippen molar-refractivity contribution in [2.24, 2.45) is 5.92 Å². The molecule has 2 aliphatic rings. The molecule has 1 saturated carbocycles. The van der Waals surface area contributed by atoms with Crippen molar-refractivity contribution in [3.8, 4) is 0 Å². The predicted molar refractivity (Wildman–Crippen MR) is 103 cm³/mol. The Morgan fingerprint density at radius 1 is 1.23 bits per heavy atom. The van der Waals surface area contributed by atoms with Gasteiger partial charge in [0.25, 0.3) is 0 Å². The molecule has 0 aromatic heterocycles. The first-order valence-corrected chi connectivity index (χ1v) is 9.96. The second-order valence-electron chi connectivity index (χ2n) is 7.72. The highest BCUT2D eigenvalue weighted by atomic mass is 16.2. The Morgan fingerprint density at radius 2 is 2.00 bits per heavy atom. The minimum Gasteiger partial charge on any atom is -0.356 e. The average Bonchev–Trinajstić information content (AvgIpc) is 2.65. The molecule has 0 spiro atoms. The first-order valence-electron chi connectivity index (χ1n) is 9.96. The lowest BCUT2D eigenvalue weighted by Crippen LogP contribution is -2.56. The topological polar surface area (TPSA) is 61.4 Å². The van der Waals surface area contributed by atoms with Crippen molar-refractivity contribution in [3.63, 3.8) is 0 Å². The molecular weight excluding hydrogens is 326 g/mol. The van der Waals surface area contributed by atoms with Gasteiger partial charge in [-0.3, -0.25) is 14.5 Å². The lowest BCUT2D eigenvalue weighted by atomic mass is 9.89. The molecule has 26 heavy (non-hydrogen) atoms. The monoisotopic (exact) mass is 357 g/mol. The number of nitrogens with zero attached hydrogens (tertiary/aromatic N) is 1. The summed E-state index contributed by atoms with van der Waals surface area (Å²) in [6.45, 7) is 4.97. The minimum atomic E-state index is -0.380. The number of carbonyl (C=O) groups excluding carboxylic acids is 2. The predicted octanol–water partition coefficient (Wildman–Crippen LogP) is 2.38. The molecular formula is C21H31N3O2. The molecule has 2 amide bonds. The summed E-state index contributed by atoms with van der Waals surface area (Å²) < 4.78 is 0. The summed E-state index contributed by atoms with van der Waals surface area (Å²) in [5.41, 5.74) is 2.44. The van der Waals surface area contributed by atoms with Gasteiger partial charge in [-0.2, -0.15) is 0 Å². The van der Waals surface area contributed by atoms with Crippen molar-refractivity contribution < 1.29 is 9.59 Å². The van der Waals surface area contributed by atoms with Crippen molar-refractivity contribution in [3.05, 3.63) is 35.4 Å². The largest absolute Gasteiger partial charge is 0.356 e.